The van der Waals surface area contributed by atoms with Crippen LogP contribution in [0.15, 0.2) is 48.5 Å². The van der Waals surface area contributed by atoms with E-state index in [0.29, 0.717) is 18.2 Å². The molecule has 144 valence electrons. The van der Waals surface area contributed by atoms with Gasteiger partial charge in [0.05, 0.1) is 28.8 Å². The minimum Gasteiger partial charge on any atom is -0.385 e. The van der Waals surface area contributed by atoms with Crippen molar-refractivity contribution in [3.05, 3.63) is 71.0 Å². The lowest BCUT2D eigenvalue weighted by Gasteiger charge is -2.32. The van der Waals surface area contributed by atoms with E-state index in [1.807, 2.05) is 0 Å². The molecule has 2 atom stereocenters. The third-order valence-electron chi connectivity index (χ3n) is 5.41. The summed E-state index contributed by atoms with van der Waals surface area (Å²) in [6.45, 7) is 8.99. The van der Waals surface area contributed by atoms with E-state index in [-0.39, 0.29) is 6.04 Å². The second kappa shape index (κ2) is 7.46. The highest BCUT2D eigenvalue weighted by Gasteiger charge is 2.32. The normalized spacial score (nSPS) is 18.9. The van der Waals surface area contributed by atoms with E-state index in [4.69, 9.17) is 9.97 Å². The topological polar surface area (TPSA) is 58.0 Å². The van der Waals surface area contributed by atoms with Gasteiger partial charge in [-0.2, -0.15) is 0 Å². The maximum atomic E-state index is 10.6. The number of aliphatic hydroxyl groups excluding tert-OH is 1. The molecule has 4 rings (SSSR count). The van der Waals surface area contributed by atoms with Crippen molar-refractivity contribution in [1.29, 1.82) is 0 Å². The highest BCUT2D eigenvalue weighted by Crippen LogP contribution is 2.37. The molecule has 0 saturated carbocycles. The minimum atomic E-state index is -0.645. The number of β-amino-alcohol motifs (C(OH)–C–C–N with tert-alkyl or cyclic N) is 1. The first-order valence-corrected chi connectivity index (χ1v) is 9.91. The minimum absolute atomic E-state index is 0.0853. The number of hydrogen-bond acceptors (Lipinski definition) is 4. The molecule has 0 radical (unpaired) electrons. The van der Waals surface area contributed by atoms with E-state index in [1.54, 1.807) is 0 Å². The quantitative estimate of drug-likeness (QED) is 0.695. The van der Waals surface area contributed by atoms with Gasteiger partial charge in [-0.3, -0.25) is 0 Å². The second-order valence-corrected chi connectivity index (χ2v) is 8.07. The van der Waals surface area contributed by atoms with Crippen LogP contribution in [0.1, 0.15) is 48.5 Å². The molecule has 4 heteroatoms. The van der Waals surface area contributed by atoms with Crippen molar-refractivity contribution in [2.24, 2.45) is 5.92 Å². The van der Waals surface area contributed by atoms with Gasteiger partial charge in [0, 0.05) is 17.7 Å². The van der Waals surface area contributed by atoms with E-state index in [2.05, 4.69) is 81.5 Å². The standard InChI is InChI=1S/C24H27N3O/c1-14(2)20-24-23(19(28)13-25-20)26-21(17-9-5-15(3)6-10-17)22(27-24)18-11-7-16(4)8-12-18/h5-12,14,19-20,25,28H,13H2,1-4H3. The first-order valence-electron chi connectivity index (χ1n) is 9.91. The van der Waals surface area contributed by atoms with Gasteiger partial charge in [0.1, 0.15) is 6.10 Å². The zero-order valence-corrected chi connectivity index (χ0v) is 16.9. The van der Waals surface area contributed by atoms with Crippen molar-refractivity contribution in [3.63, 3.8) is 0 Å². The molecule has 1 aliphatic rings. The summed E-state index contributed by atoms with van der Waals surface area (Å²) in [6, 6.07) is 16.8. The number of fused-ring (bicyclic) bond motifs is 1. The van der Waals surface area contributed by atoms with E-state index in [0.717, 1.165) is 28.2 Å². The summed E-state index contributed by atoms with van der Waals surface area (Å²) in [4.78, 5) is 10.1. The van der Waals surface area contributed by atoms with Gasteiger partial charge < -0.3 is 10.4 Å². The molecule has 3 aromatic rings. The van der Waals surface area contributed by atoms with E-state index in [1.165, 1.54) is 11.1 Å². The lowest BCUT2D eigenvalue weighted by Crippen LogP contribution is -2.37. The first kappa shape index (κ1) is 18.8. The van der Waals surface area contributed by atoms with Crippen LogP contribution < -0.4 is 5.32 Å². The number of nitrogens with zero attached hydrogens (tertiary/aromatic N) is 2. The van der Waals surface area contributed by atoms with Gasteiger partial charge >= 0.3 is 0 Å². The van der Waals surface area contributed by atoms with Crippen LogP contribution in [0, 0.1) is 19.8 Å². The molecule has 2 aromatic carbocycles. The molecule has 2 unspecified atom stereocenters. The second-order valence-electron chi connectivity index (χ2n) is 8.07. The molecule has 28 heavy (non-hydrogen) atoms. The largest absolute Gasteiger partial charge is 0.385 e. The van der Waals surface area contributed by atoms with Crippen LogP contribution in [-0.4, -0.2) is 21.6 Å². The summed E-state index contributed by atoms with van der Waals surface area (Å²) in [5, 5.41) is 14.0. The Bertz CT molecular complexity index is 978. The van der Waals surface area contributed by atoms with Gasteiger partial charge in [-0.05, 0) is 19.8 Å². The molecule has 4 nitrogen and oxygen atoms in total. The predicted octanol–water partition coefficient (Wildman–Crippen LogP) is 4.76. The molecule has 0 aliphatic carbocycles. The number of rotatable bonds is 3. The van der Waals surface area contributed by atoms with Gasteiger partial charge in [0.15, 0.2) is 0 Å². The number of aliphatic hydroxyl groups is 1. The number of benzene rings is 2. The van der Waals surface area contributed by atoms with Gasteiger partial charge in [-0.25, -0.2) is 9.97 Å². The first-order chi connectivity index (χ1) is 13.4. The van der Waals surface area contributed by atoms with E-state index in [9.17, 15) is 5.11 Å². The Balaban J connectivity index is 1.97. The molecule has 2 N–H and O–H groups in total. The molecule has 0 amide bonds. The lowest BCUT2D eigenvalue weighted by atomic mass is 9.92. The fourth-order valence-corrected chi connectivity index (χ4v) is 3.74. The smallest absolute Gasteiger partial charge is 0.110 e. The number of aryl methyl sites for hydroxylation is 2. The highest BCUT2D eigenvalue weighted by atomic mass is 16.3. The maximum absolute atomic E-state index is 10.6. The fourth-order valence-electron chi connectivity index (χ4n) is 3.74. The molecular weight excluding hydrogens is 346 g/mol. The molecule has 0 spiro atoms. The van der Waals surface area contributed by atoms with Crippen molar-refractivity contribution in [3.8, 4) is 22.5 Å². The summed E-state index contributed by atoms with van der Waals surface area (Å²) in [5.74, 6) is 0.358. The molecule has 0 saturated heterocycles. The van der Waals surface area contributed by atoms with Gasteiger partial charge in [0.25, 0.3) is 0 Å². The predicted molar refractivity (Wildman–Crippen MR) is 113 cm³/mol. The molecular formula is C24H27N3O. The Hall–Kier alpha value is -2.56. The van der Waals surface area contributed by atoms with Crippen molar-refractivity contribution in [2.75, 3.05) is 6.54 Å². The molecule has 1 aromatic heterocycles. The van der Waals surface area contributed by atoms with Crippen molar-refractivity contribution in [1.82, 2.24) is 15.3 Å². The van der Waals surface area contributed by atoms with E-state index < -0.39 is 6.10 Å². The zero-order chi connectivity index (χ0) is 19.8. The number of aromatic nitrogens is 2. The van der Waals surface area contributed by atoms with Crippen molar-refractivity contribution in [2.45, 2.75) is 39.8 Å². The Labute approximate surface area is 166 Å². The number of hydrogen-bond donors (Lipinski definition) is 2. The number of nitrogens with one attached hydrogen (secondary N) is 1. The summed E-state index contributed by atoms with van der Waals surface area (Å²) in [5.41, 5.74) is 7.72. The van der Waals surface area contributed by atoms with Crippen LogP contribution in [0.4, 0.5) is 0 Å². The molecule has 0 fully saturated rings. The van der Waals surface area contributed by atoms with Gasteiger partial charge in [-0.1, -0.05) is 73.5 Å². The monoisotopic (exact) mass is 373 g/mol. The zero-order valence-electron chi connectivity index (χ0n) is 16.9. The van der Waals surface area contributed by atoms with E-state index >= 15 is 0 Å². The summed E-state index contributed by atoms with van der Waals surface area (Å²) < 4.78 is 0. The average molecular weight is 374 g/mol. The van der Waals surface area contributed by atoms with Crippen LogP contribution in [0.25, 0.3) is 22.5 Å². The third kappa shape index (κ3) is 3.46. The maximum Gasteiger partial charge on any atom is 0.110 e. The molecule has 0 bridgehead atoms. The summed E-state index contributed by atoms with van der Waals surface area (Å²) in [6.07, 6.45) is -0.645. The lowest BCUT2D eigenvalue weighted by molar-refractivity contribution is 0.143. The highest BCUT2D eigenvalue weighted by molar-refractivity contribution is 5.78. The fraction of sp³-hybridized carbons (Fsp3) is 0.333. The summed E-state index contributed by atoms with van der Waals surface area (Å²) >= 11 is 0. The third-order valence-corrected chi connectivity index (χ3v) is 5.41. The van der Waals surface area contributed by atoms with Crippen LogP contribution >= 0.6 is 0 Å². The van der Waals surface area contributed by atoms with Gasteiger partial charge in [-0.15, -0.1) is 0 Å². The van der Waals surface area contributed by atoms with Crippen LogP contribution in [0.2, 0.25) is 0 Å². The molecule has 1 aliphatic heterocycles. The van der Waals surface area contributed by atoms with Crippen LogP contribution in [-0.2, 0) is 0 Å². The Morgan fingerprint density at radius 1 is 0.821 bits per heavy atom. The van der Waals surface area contributed by atoms with Crippen molar-refractivity contribution >= 4 is 0 Å². The Kier molecular flexibility index (Phi) is 5.00. The SMILES string of the molecule is Cc1ccc(-c2nc3c(nc2-c2ccc(C)cc2)C(C(C)C)NCC3O)cc1. The van der Waals surface area contributed by atoms with Gasteiger partial charge in [0.2, 0.25) is 0 Å². The van der Waals surface area contributed by atoms with Crippen LogP contribution in [0.5, 0.6) is 0 Å². The average Bonchev–Trinajstić information content (AvgIpc) is 2.68. The van der Waals surface area contributed by atoms with Crippen molar-refractivity contribution < 1.29 is 5.11 Å². The Morgan fingerprint density at radius 2 is 1.29 bits per heavy atom. The Morgan fingerprint density at radius 3 is 1.75 bits per heavy atom. The summed E-state index contributed by atoms with van der Waals surface area (Å²) in [7, 11) is 0. The molecule has 2 heterocycles. The van der Waals surface area contributed by atoms with Crippen LogP contribution in [0.3, 0.4) is 0 Å².